The number of amides is 2. The first-order chi connectivity index (χ1) is 16.8. The maximum atomic E-state index is 12.5. The number of nitrogens with one attached hydrogen (secondary N) is 2. The predicted octanol–water partition coefficient (Wildman–Crippen LogP) is 4.67. The third-order valence-corrected chi connectivity index (χ3v) is 5.87. The van der Waals surface area contributed by atoms with E-state index >= 15 is 0 Å². The van der Waals surface area contributed by atoms with Crippen LogP contribution in [-0.2, 0) is 9.53 Å². The molecule has 4 rings (SSSR count). The number of carboxylic acids is 1. The highest BCUT2D eigenvalue weighted by atomic mass is 16.5. The van der Waals surface area contributed by atoms with Gasteiger partial charge in [0.25, 0.3) is 5.91 Å². The Labute approximate surface area is 203 Å². The highest BCUT2D eigenvalue weighted by molar-refractivity contribution is 5.95. The van der Waals surface area contributed by atoms with Crippen LogP contribution in [0.4, 0.5) is 10.6 Å². The van der Waals surface area contributed by atoms with Gasteiger partial charge >= 0.3 is 12.1 Å². The van der Waals surface area contributed by atoms with Gasteiger partial charge in [0.1, 0.15) is 24.2 Å². The van der Waals surface area contributed by atoms with Gasteiger partial charge in [-0.2, -0.15) is 0 Å². The fourth-order valence-electron chi connectivity index (χ4n) is 4.29. The fraction of sp³-hybridized carbons (Fsp3) is 0.259. The van der Waals surface area contributed by atoms with Crippen LogP contribution in [0.1, 0.15) is 47.8 Å². The summed E-state index contributed by atoms with van der Waals surface area (Å²) in [5.41, 5.74) is 4.47. The molecule has 3 aromatic rings. The number of ether oxygens (including phenoxy) is 1. The van der Waals surface area contributed by atoms with Gasteiger partial charge in [-0.3, -0.25) is 10.1 Å². The molecule has 3 N–H and O–H groups in total. The number of carboxylic acid groups (broad SMARTS) is 1. The molecule has 0 saturated heterocycles. The second-order valence-corrected chi connectivity index (χ2v) is 8.85. The van der Waals surface area contributed by atoms with Gasteiger partial charge in [-0.15, -0.1) is 0 Å². The monoisotopic (exact) mass is 473 g/mol. The van der Waals surface area contributed by atoms with E-state index in [4.69, 9.17) is 4.74 Å². The molecule has 1 aromatic heterocycles. The fourth-order valence-corrected chi connectivity index (χ4v) is 4.29. The Bertz CT molecular complexity index is 1210. The van der Waals surface area contributed by atoms with Crippen LogP contribution in [0.15, 0.2) is 66.7 Å². The number of carbonyl (C=O) groups is 3. The minimum absolute atomic E-state index is 0.00328. The van der Waals surface area contributed by atoms with Crippen molar-refractivity contribution in [2.45, 2.75) is 32.2 Å². The van der Waals surface area contributed by atoms with Crippen LogP contribution in [0.3, 0.4) is 0 Å². The Morgan fingerprint density at radius 1 is 0.943 bits per heavy atom. The number of benzene rings is 2. The maximum Gasteiger partial charge on any atom is 0.412 e. The summed E-state index contributed by atoms with van der Waals surface area (Å²) >= 11 is 0. The van der Waals surface area contributed by atoms with Crippen molar-refractivity contribution >= 4 is 23.8 Å². The van der Waals surface area contributed by atoms with Crippen LogP contribution in [-0.4, -0.2) is 40.7 Å². The van der Waals surface area contributed by atoms with Crippen LogP contribution in [0.25, 0.3) is 11.1 Å². The lowest BCUT2D eigenvalue weighted by Crippen LogP contribution is -2.42. The first-order valence-corrected chi connectivity index (χ1v) is 11.5. The number of anilines is 1. The van der Waals surface area contributed by atoms with E-state index < -0.39 is 24.0 Å². The Kier molecular flexibility index (Phi) is 7.10. The van der Waals surface area contributed by atoms with Gasteiger partial charge in [-0.1, -0.05) is 68.4 Å². The summed E-state index contributed by atoms with van der Waals surface area (Å²) in [7, 11) is 0. The molecule has 35 heavy (non-hydrogen) atoms. The summed E-state index contributed by atoms with van der Waals surface area (Å²) in [6.45, 7) is 3.90. The molecule has 0 spiro atoms. The molecule has 2 aromatic carbocycles. The third kappa shape index (κ3) is 5.48. The molecular formula is C27H27N3O5. The number of fused-ring (bicyclic) bond motifs is 3. The van der Waals surface area contributed by atoms with Crippen LogP contribution >= 0.6 is 0 Å². The lowest BCUT2D eigenvalue weighted by Gasteiger charge is -2.16. The minimum Gasteiger partial charge on any atom is -0.480 e. The quantitative estimate of drug-likeness (QED) is 0.438. The molecule has 1 aliphatic carbocycles. The average molecular weight is 474 g/mol. The molecule has 8 heteroatoms. The van der Waals surface area contributed by atoms with E-state index in [2.05, 4.69) is 27.8 Å². The van der Waals surface area contributed by atoms with Crippen LogP contribution in [0, 0.1) is 5.92 Å². The third-order valence-electron chi connectivity index (χ3n) is 5.87. The number of nitrogens with zero attached hydrogens (tertiary/aromatic N) is 1. The summed E-state index contributed by atoms with van der Waals surface area (Å²) in [5.74, 6) is -1.60. The van der Waals surface area contributed by atoms with E-state index in [1.165, 1.54) is 12.1 Å². The van der Waals surface area contributed by atoms with E-state index in [1.54, 1.807) is 6.07 Å². The molecule has 0 radical (unpaired) electrons. The molecule has 1 unspecified atom stereocenters. The van der Waals surface area contributed by atoms with Gasteiger partial charge in [0, 0.05) is 5.92 Å². The smallest absolute Gasteiger partial charge is 0.412 e. The van der Waals surface area contributed by atoms with Gasteiger partial charge in [-0.25, -0.2) is 14.6 Å². The normalized spacial score (nSPS) is 13.0. The van der Waals surface area contributed by atoms with Crippen LogP contribution in [0.5, 0.6) is 0 Å². The second-order valence-electron chi connectivity index (χ2n) is 8.85. The van der Waals surface area contributed by atoms with Crippen molar-refractivity contribution in [3.05, 3.63) is 83.6 Å². The van der Waals surface area contributed by atoms with Crippen LogP contribution in [0.2, 0.25) is 0 Å². The lowest BCUT2D eigenvalue weighted by atomic mass is 9.98. The number of carbonyl (C=O) groups excluding carboxylic acids is 2. The standard InChI is InChI=1S/C27H27N3O5/c1-16(2)14-23(26(32)33)29-25(31)22-12-7-13-24(28-22)30-27(34)35-15-21-19-10-5-3-8-17(19)18-9-4-6-11-20(18)21/h3-13,16,21,23H,14-15H2,1-2H3,(H,29,31)(H,32,33)(H,28,30,34). The maximum absolute atomic E-state index is 12.5. The van der Waals surface area contributed by atoms with E-state index in [0.717, 1.165) is 22.3 Å². The predicted molar refractivity (Wildman–Crippen MR) is 131 cm³/mol. The molecule has 0 saturated carbocycles. The zero-order valence-corrected chi connectivity index (χ0v) is 19.5. The zero-order valence-electron chi connectivity index (χ0n) is 19.5. The Hall–Kier alpha value is -4.20. The molecule has 1 heterocycles. The summed E-state index contributed by atoms with van der Waals surface area (Å²) in [6.07, 6.45) is -0.404. The Balaban J connectivity index is 1.39. The highest BCUT2D eigenvalue weighted by Gasteiger charge is 2.29. The average Bonchev–Trinajstić information content (AvgIpc) is 3.16. The summed E-state index contributed by atoms with van der Waals surface area (Å²) in [5, 5.41) is 14.4. The van der Waals surface area contributed by atoms with Crippen molar-refractivity contribution in [1.29, 1.82) is 0 Å². The van der Waals surface area contributed by atoms with E-state index in [1.807, 2.05) is 50.2 Å². The van der Waals surface area contributed by atoms with E-state index in [0.29, 0.717) is 6.42 Å². The second kappa shape index (κ2) is 10.4. The van der Waals surface area contributed by atoms with Crippen molar-refractivity contribution in [3.8, 4) is 11.1 Å². The van der Waals surface area contributed by atoms with Crippen molar-refractivity contribution in [3.63, 3.8) is 0 Å². The molecule has 1 aliphatic rings. The molecule has 0 aliphatic heterocycles. The molecule has 0 bridgehead atoms. The molecular weight excluding hydrogens is 446 g/mol. The van der Waals surface area contributed by atoms with Gasteiger partial charge in [0.05, 0.1) is 0 Å². The Morgan fingerprint density at radius 2 is 1.57 bits per heavy atom. The number of pyridine rings is 1. The minimum atomic E-state index is -1.11. The molecule has 2 amide bonds. The van der Waals surface area contributed by atoms with Crippen molar-refractivity contribution in [2.75, 3.05) is 11.9 Å². The number of rotatable bonds is 8. The van der Waals surface area contributed by atoms with E-state index in [9.17, 15) is 19.5 Å². The Morgan fingerprint density at radius 3 is 2.17 bits per heavy atom. The van der Waals surface area contributed by atoms with Crippen molar-refractivity contribution in [2.24, 2.45) is 5.92 Å². The van der Waals surface area contributed by atoms with Gasteiger partial charge in [-0.05, 0) is 46.7 Å². The summed E-state index contributed by atoms with van der Waals surface area (Å²) in [4.78, 5) is 40.6. The largest absolute Gasteiger partial charge is 0.480 e. The lowest BCUT2D eigenvalue weighted by molar-refractivity contribution is -0.139. The number of aromatic nitrogens is 1. The number of hydrogen-bond acceptors (Lipinski definition) is 5. The highest BCUT2D eigenvalue weighted by Crippen LogP contribution is 2.44. The first kappa shape index (κ1) is 23.9. The number of aliphatic carboxylic acids is 1. The molecule has 0 fully saturated rings. The summed E-state index contributed by atoms with van der Waals surface area (Å²) in [6, 6.07) is 19.6. The van der Waals surface area contributed by atoms with E-state index in [-0.39, 0.29) is 30.0 Å². The topological polar surface area (TPSA) is 118 Å². The molecule has 8 nitrogen and oxygen atoms in total. The van der Waals surface area contributed by atoms with Gasteiger partial charge < -0.3 is 15.2 Å². The van der Waals surface area contributed by atoms with Crippen LogP contribution < -0.4 is 10.6 Å². The number of hydrogen-bond donors (Lipinski definition) is 3. The van der Waals surface area contributed by atoms with Gasteiger partial charge in [0.2, 0.25) is 0 Å². The van der Waals surface area contributed by atoms with Crippen molar-refractivity contribution < 1.29 is 24.2 Å². The van der Waals surface area contributed by atoms with Crippen molar-refractivity contribution in [1.82, 2.24) is 10.3 Å². The molecule has 180 valence electrons. The summed E-state index contributed by atoms with van der Waals surface area (Å²) < 4.78 is 5.52. The van der Waals surface area contributed by atoms with Gasteiger partial charge in [0.15, 0.2) is 0 Å². The molecule has 1 atom stereocenters. The first-order valence-electron chi connectivity index (χ1n) is 11.5. The SMILES string of the molecule is CC(C)CC(NC(=O)c1cccc(NC(=O)OCC2c3ccccc3-c3ccccc32)n1)C(=O)O. The zero-order chi connectivity index (χ0) is 24.9.